The van der Waals surface area contributed by atoms with E-state index in [-0.39, 0.29) is 23.8 Å². The van der Waals surface area contributed by atoms with Crippen LogP contribution in [0.3, 0.4) is 0 Å². The molecule has 1 aromatic heterocycles. The molecule has 1 aliphatic heterocycles. The maximum absolute atomic E-state index is 12.7. The van der Waals surface area contributed by atoms with Gasteiger partial charge in [0.2, 0.25) is 11.8 Å². The first kappa shape index (κ1) is 21.4. The molecule has 152 valence electrons. The molecule has 2 amide bonds. The number of rotatable bonds is 8. The third kappa shape index (κ3) is 8.09. The van der Waals surface area contributed by atoms with E-state index in [0.717, 1.165) is 39.3 Å². The van der Waals surface area contributed by atoms with Crippen molar-refractivity contribution in [2.45, 2.75) is 40.5 Å². The molecule has 1 aromatic rings. The molecular formula is C19H33N4O4+. The van der Waals surface area contributed by atoms with Crippen LogP contribution in [0.4, 0.5) is 5.82 Å². The molecule has 2 rings (SSSR count). The number of carbonyl (C=O) groups is 2. The lowest BCUT2D eigenvalue weighted by Crippen LogP contribution is -3.14. The zero-order valence-electron chi connectivity index (χ0n) is 17.0. The SMILES string of the molecule is Cc1cc(NC(=O)CN(CCC[NH+]2CCOCC2)C(=O)CC(C)(C)C)no1. The van der Waals surface area contributed by atoms with Gasteiger partial charge in [-0.3, -0.25) is 9.59 Å². The maximum Gasteiger partial charge on any atom is 0.245 e. The van der Waals surface area contributed by atoms with E-state index in [2.05, 4.69) is 10.5 Å². The van der Waals surface area contributed by atoms with Gasteiger partial charge in [-0.1, -0.05) is 25.9 Å². The first-order valence-electron chi connectivity index (χ1n) is 9.65. The van der Waals surface area contributed by atoms with Gasteiger partial charge in [-0.2, -0.15) is 0 Å². The molecule has 0 bridgehead atoms. The fourth-order valence-corrected chi connectivity index (χ4v) is 3.07. The van der Waals surface area contributed by atoms with Gasteiger partial charge in [0, 0.05) is 25.5 Å². The summed E-state index contributed by atoms with van der Waals surface area (Å²) in [7, 11) is 0. The molecule has 1 aliphatic rings. The second-order valence-corrected chi connectivity index (χ2v) is 8.39. The average molecular weight is 381 g/mol. The highest BCUT2D eigenvalue weighted by Gasteiger charge is 2.24. The normalized spacial score (nSPS) is 15.6. The number of hydrogen-bond acceptors (Lipinski definition) is 5. The minimum atomic E-state index is -0.260. The molecule has 0 radical (unpaired) electrons. The summed E-state index contributed by atoms with van der Waals surface area (Å²) in [5.41, 5.74) is -0.121. The van der Waals surface area contributed by atoms with E-state index in [1.54, 1.807) is 17.9 Å². The Kier molecular flexibility index (Phi) is 7.79. The van der Waals surface area contributed by atoms with E-state index in [9.17, 15) is 9.59 Å². The summed E-state index contributed by atoms with van der Waals surface area (Å²) in [5, 5.41) is 6.46. The van der Waals surface area contributed by atoms with Crippen LogP contribution >= 0.6 is 0 Å². The van der Waals surface area contributed by atoms with Crippen LogP contribution in [0, 0.1) is 12.3 Å². The zero-order chi connectivity index (χ0) is 19.9. The first-order valence-corrected chi connectivity index (χ1v) is 9.65. The quantitative estimate of drug-likeness (QED) is 0.684. The molecule has 27 heavy (non-hydrogen) atoms. The van der Waals surface area contributed by atoms with Crippen molar-refractivity contribution >= 4 is 17.6 Å². The van der Waals surface area contributed by atoms with E-state index < -0.39 is 0 Å². The van der Waals surface area contributed by atoms with Crippen molar-refractivity contribution < 1.29 is 23.7 Å². The summed E-state index contributed by atoms with van der Waals surface area (Å²) in [6.07, 6.45) is 1.27. The van der Waals surface area contributed by atoms with Gasteiger partial charge >= 0.3 is 0 Å². The number of aryl methyl sites for hydroxylation is 1. The van der Waals surface area contributed by atoms with Crippen LogP contribution in [0.2, 0.25) is 0 Å². The van der Waals surface area contributed by atoms with E-state index in [1.807, 2.05) is 20.8 Å². The van der Waals surface area contributed by atoms with Crippen LogP contribution in [0.15, 0.2) is 10.6 Å². The molecule has 8 nitrogen and oxygen atoms in total. The Bertz CT molecular complexity index is 617. The number of nitrogens with one attached hydrogen (secondary N) is 2. The summed E-state index contributed by atoms with van der Waals surface area (Å²) < 4.78 is 10.3. The molecule has 0 atom stereocenters. The van der Waals surface area contributed by atoms with Gasteiger partial charge in [-0.05, 0) is 12.3 Å². The van der Waals surface area contributed by atoms with Crippen molar-refractivity contribution in [2.24, 2.45) is 5.41 Å². The molecule has 1 fully saturated rings. The van der Waals surface area contributed by atoms with Gasteiger partial charge in [0.15, 0.2) is 5.82 Å². The molecule has 0 unspecified atom stereocenters. The van der Waals surface area contributed by atoms with Crippen molar-refractivity contribution in [3.63, 3.8) is 0 Å². The summed E-state index contributed by atoms with van der Waals surface area (Å²) in [4.78, 5) is 28.2. The summed E-state index contributed by atoms with van der Waals surface area (Å²) >= 11 is 0. The number of hydrogen-bond donors (Lipinski definition) is 2. The van der Waals surface area contributed by atoms with Crippen molar-refractivity contribution in [3.05, 3.63) is 11.8 Å². The second kappa shape index (κ2) is 9.85. The Morgan fingerprint density at radius 1 is 1.30 bits per heavy atom. The number of anilines is 1. The topological polar surface area (TPSA) is 89.1 Å². The zero-order valence-corrected chi connectivity index (χ0v) is 17.0. The van der Waals surface area contributed by atoms with Gasteiger partial charge in [0.1, 0.15) is 18.8 Å². The smallest absolute Gasteiger partial charge is 0.245 e. The Hall–Kier alpha value is -1.93. The van der Waals surface area contributed by atoms with Gasteiger partial charge in [0.25, 0.3) is 0 Å². The van der Waals surface area contributed by atoms with E-state index >= 15 is 0 Å². The molecule has 0 spiro atoms. The third-order valence-corrected chi connectivity index (χ3v) is 4.42. The van der Waals surface area contributed by atoms with Gasteiger partial charge in [-0.15, -0.1) is 0 Å². The van der Waals surface area contributed by atoms with Crippen molar-refractivity contribution in [2.75, 3.05) is 51.3 Å². The number of carbonyl (C=O) groups excluding carboxylic acids is 2. The predicted octanol–water partition coefficient (Wildman–Crippen LogP) is 0.492. The molecule has 0 saturated carbocycles. The number of morpholine rings is 1. The monoisotopic (exact) mass is 381 g/mol. The molecule has 0 aromatic carbocycles. The Balaban J connectivity index is 1.89. The highest BCUT2D eigenvalue weighted by molar-refractivity contribution is 5.93. The van der Waals surface area contributed by atoms with Gasteiger partial charge in [-0.25, -0.2) is 0 Å². The third-order valence-electron chi connectivity index (χ3n) is 4.42. The van der Waals surface area contributed by atoms with Crippen molar-refractivity contribution in [3.8, 4) is 0 Å². The molecule has 8 heteroatoms. The minimum Gasteiger partial charge on any atom is -0.370 e. The lowest BCUT2D eigenvalue weighted by atomic mass is 9.91. The standard InChI is InChI=1S/C19H32N4O4/c1-15-12-16(21-27-15)20-17(24)14-23(18(25)13-19(2,3)4)7-5-6-22-8-10-26-11-9-22/h12H,5-11,13-14H2,1-4H3,(H,20,21,24)/p+1. The minimum absolute atomic E-state index is 0.00552. The van der Waals surface area contributed by atoms with E-state index in [0.29, 0.717) is 24.5 Å². The molecular weight excluding hydrogens is 348 g/mol. The molecule has 2 N–H and O–H groups in total. The van der Waals surface area contributed by atoms with Crippen LogP contribution < -0.4 is 10.2 Å². The summed E-state index contributed by atoms with van der Waals surface area (Å²) in [5.74, 6) is 0.744. The fraction of sp³-hybridized carbons (Fsp3) is 0.737. The van der Waals surface area contributed by atoms with Gasteiger partial charge < -0.3 is 24.4 Å². The lowest BCUT2D eigenvalue weighted by Gasteiger charge is -2.28. The van der Waals surface area contributed by atoms with Crippen LogP contribution in [0.25, 0.3) is 0 Å². The van der Waals surface area contributed by atoms with Crippen LogP contribution in [-0.4, -0.2) is 67.8 Å². The highest BCUT2D eigenvalue weighted by atomic mass is 16.5. The van der Waals surface area contributed by atoms with Gasteiger partial charge in [0.05, 0.1) is 26.3 Å². The average Bonchev–Trinajstić information content (AvgIpc) is 2.98. The Labute approximate surface area is 161 Å². The number of ether oxygens (including phenoxy) is 1. The van der Waals surface area contributed by atoms with Crippen molar-refractivity contribution in [1.29, 1.82) is 0 Å². The fourth-order valence-electron chi connectivity index (χ4n) is 3.07. The molecule has 0 aliphatic carbocycles. The number of quaternary nitrogens is 1. The predicted molar refractivity (Wildman–Crippen MR) is 102 cm³/mol. The largest absolute Gasteiger partial charge is 0.370 e. The first-order chi connectivity index (χ1) is 12.7. The summed E-state index contributed by atoms with van der Waals surface area (Å²) in [6.45, 7) is 13.0. The number of nitrogens with zero attached hydrogens (tertiary/aromatic N) is 2. The second-order valence-electron chi connectivity index (χ2n) is 8.39. The van der Waals surface area contributed by atoms with Crippen LogP contribution in [0.5, 0.6) is 0 Å². The molecule has 1 saturated heterocycles. The summed E-state index contributed by atoms with van der Waals surface area (Å²) in [6, 6.07) is 1.65. The highest BCUT2D eigenvalue weighted by Crippen LogP contribution is 2.20. The number of amides is 2. The van der Waals surface area contributed by atoms with Crippen molar-refractivity contribution in [1.82, 2.24) is 10.1 Å². The lowest BCUT2D eigenvalue weighted by molar-refractivity contribution is -0.908. The Morgan fingerprint density at radius 2 is 2.00 bits per heavy atom. The van der Waals surface area contributed by atoms with E-state index in [4.69, 9.17) is 9.26 Å². The maximum atomic E-state index is 12.7. The Morgan fingerprint density at radius 3 is 2.59 bits per heavy atom. The van der Waals surface area contributed by atoms with E-state index in [1.165, 1.54) is 4.90 Å². The molecule has 2 heterocycles. The van der Waals surface area contributed by atoms with Crippen LogP contribution in [-0.2, 0) is 14.3 Å². The number of aromatic nitrogens is 1. The van der Waals surface area contributed by atoms with Crippen LogP contribution in [0.1, 0.15) is 39.4 Å².